The van der Waals surface area contributed by atoms with Crippen molar-refractivity contribution in [2.75, 3.05) is 5.32 Å². The molecule has 6 heteroatoms. The van der Waals surface area contributed by atoms with Gasteiger partial charge in [0.15, 0.2) is 5.13 Å². The van der Waals surface area contributed by atoms with Crippen LogP contribution in [0.2, 0.25) is 10.0 Å². The molecule has 18 heavy (non-hydrogen) atoms. The number of aromatic nitrogens is 1. The van der Waals surface area contributed by atoms with E-state index in [9.17, 15) is 4.39 Å². The van der Waals surface area contributed by atoms with Crippen molar-refractivity contribution in [2.45, 2.75) is 18.9 Å². The molecule has 1 aliphatic rings. The molecule has 0 bridgehead atoms. The van der Waals surface area contributed by atoms with Crippen LogP contribution in [0.4, 0.5) is 9.52 Å². The average Bonchev–Trinajstić information content (AvgIpc) is 3.01. The second-order valence-electron chi connectivity index (χ2n) is 4.20. The molecule has 1 aromatic heterocycles. The fraction of sp³-hybridized carbons (Fsp3) is 0.250. The predicted octanol–water partition coefficient (Wildman–Crippen LogP) is 4.83. The SMILES string of the molecule is Fc1cc(-c2csc(NC3CC3)n2)c(Cl)cc1Cl. The number of thiazole rings is 1. The third-order valence-electron chi connectivity index (χ3n) is 2.70. The Balaban J connectivity index is 1.93. The highest BCUT2D eigenvalue weighted by Gasteiger charge is 2.22. The monoisotopic (exact) mass is 302 g/mol. The molecule has 2 aromatic rings. The smallest absolute Gasteiger partial charge is 0.183 e. The quantitative estimate of drug-likeness (QED) is 0.821. The number of hydrogen-bond donors (Lipinski definition) is 1. The zero-order valence-corrected chi connectivity index (χ0v) is 11.5. The molecule has 0 unspecified atom stereocenters. The molecular formula is C12H9Cl2FN2S. The normalized spacial score (nSPS) is 14.8. The highest BCUT2D eigenvalue weighted by Crippen LogP contribution is 2.35. The second-order valence-corrected chi connectivity index (χ2v) is 5.88. The van der Waals surface area contributed by atoms with Gasteiger partial charge < -0.3 is 5.32 Å². The first-order chi connectivity index (χ1) is 8.63. The van der Waals surface area contributed by atoms with E-state index >= 15 is 0 Å². The van der Waals surface area contributed by atoms with Gasteiger partial charge in [0.2, 0.25) is 0 Å². The summed E-state index contributed by atoms with van der Waals surface area (Å²) in [5, 5.41) is 6.43. The largest absolute Gasteiger partial charge is 0.359 e. The van der Waals surface area contributed by atoms with E-state index in [0.717, 1.165) is 5.13 Å². The Labute approximate surface area is 118 Å². The van der Waals surface area contributed by atoms with Crippen molar-refractivity contribution < 1.29 is 4.39 Å². The Morgan fingerprint density at radius 1 is 1.28 bits per heavy atom. The highest BCUT2D eigenvalue weighted by atomic mass is 35.5. The molecule has 0 aliphatic heterocycles. The van der Waals surface area contributed by atoms with Gasteiger partial charge in [-0.05, 0) is 25.0 Å². The molecule has 0 amide bonds. The lowest BCUT2D eigenvalue weighted by molar-refractivity contribution is 0.629. The maximum absolute atomic E-state index is 13.4. The van der Waals surface area contributed by atoms with E-state index in [2.05, 4.69) is 10.3 Å². The second kappa shape index (κ2) is 4.68. The number of nitrogens with zero attached hydrogens (tertiary/aromatic N) is 1. The van der Waals surface area contributed by atoms with Gasteiger partial charge >= 0.3 is 0 Å². The van der Waals surface area contributed by atoms with E-state index in [4.69, 9.17) is 23.2 Å². The number of anilines is 1. The zero-order valence-electron chi connectivity index (χ0n) is 9.21. The summed E-state index contributed by atoms with van der Waals surface area (Å²) in [5.74, 6) is -0.485. The lowest BCUT2D eigenvalue weighted by Gasteiger charge is -2.03. The minimum atomic E-state index is -0.485. The van der Waals surface area contributed by atoms with Crippen LogP contribution in [0.1, 0.15) is 12.8 Å². The highest BCUT2D eigenvalue weighted by molar-refractivity contribution is 7.14. The first-order valence-corrected chi connectivity index (χ1v) is 7.14. The summed E-state index contributed by atoms with van der Waals surface area (Å²) in [5.41, 5.74) is 1.24. The fourth-order valence-electron chi connectivity index (χ4n) is 1.58. The molecule has 0 atom stereocenters. The summed E-state index contributed by atoms with van der Waals surface area (Å²) in [6.45, 7) is 0. The maximum atomic E-state index is 13.4. The first kappa shape index (κ1) is 12.2. The molecule has 0 spiro atoms. The Bertz CT molecular complexity index is 596. The van der Waals surface area contributed by atoms with E-state index in [0.29, 0.717) is 22.3 Å². The van der Waals surface area contributed by atoms with E-state index in [1.807, 2.05) is 5.38 Å². The van der Waals surface area contributed by atoms with Crippen LogP contribution >= 0.6 is 34.5 Å². The van der Waals surface area contributed by atoms with Crippen molar-refractivity contribution in [3.63, 3.8) is 0 Å². The summed E-state index contributed by atoms with van der Waals surface area (Å²) in [4.78, 5) is 4.41. The van der Waals surface area contributed by atoms with Gasteiger partial charge in [0, 0.05) is 17.0 Å². The molecule has 1 aromatic carbocycles. The van der Waals surface area contributed by atoms with Gasteiger partial charge in [0.25, 0.3) is 0 Å². The van der Waals surface area contributed by atoms with E-state index < -0.39 is 5.82 Å². The third kappa shape index (κ3) is 2.46. The lowest BCUT2D eigenvalue weighted by atomic mass is 10.2. The molecule has 1 saturated carbocycles. The van der Waals surface area contributed by atoms with Crippen molar-refractivity contribution in [3.05, 3.63) is 33.4 Å². The topological polar surface area (TPSA) is 24.9 Å². The average molecular weight is 303 g/mol. The van der Waals surface area contributed by atoms with Crippen molar-refractivity contribution >= 4 is 39.7 Å². The van der Waals surface area contributed by atoms with Gasteiger partial charge in [-0.15, -0.1) is 11.3 Å². The van der Waals surface area contributed by atoms with Gasteiger partial charge in [-0.25, -0.2) is 9.37 Å². The molecule has 0 saturated heterocycles. The van der Waals surface area contributed by atoms with Crippen LogP contribution in [0.25, 0.3) is 11.3 Å². The molecule has 0 radical (unpaired) electrons. The third-order valence-corrected chi connectivity index (χ3v) is 4.07. The molecule has 1 N–H and O–H groups in total. The van der Waals surface area contributed by atoms with Crippen molar-refractivity contribution in [2.24, 2.45) is 0 Å². The van der Waals surface area contributed by atoms with Crippen molar-refractivity contribution in [3.8, 4) is 11.3 Å². The van der Waals surface area contributed by atoms with Gasteiger partial charge in [-0.1, -0.05) is 23.2 Å². The van der Waals surface area contributed by atoms with Crippen LogP contribution in [0.5, 0.6) is 0 Å². The van der Waals surface area contributed by atoms with Crippen LogP contribution < -0.4 is 5.32 Å². The number of hydrogen-bond acceptors (Lipinski definition) is 3. The van der Waals surface area contributed by atoms with E-state index in [1.165, 1.54) is 36.3 Å². The lowest BCUT2D eigenvalue weighted by Crippen LogP contribution is -1.99. The zero-order chi connectivity index (χ0) is 12.7. The molecule has 1 aliphatic carbocycles. The van der Waals surface area contributed by atoms with Gasteiger partial charge in [-0.2, -0.15) is 0 Å². The summed E-state index contributed by atoms with van der Waals surface area (Å²) >= 11 is 13.2. The van der Waals surface area contributed by atoms with Crippen LogP contribution in [-0.2, 0) is 0 Å². The van der Waals surface area contributed by atoms with E-state index in [1.54, 1.807) is 0 Å². The Hall–Kier alpha value is -0.840. The summed E-state index contributed by atoms with van der Waals surface area (Å²) in [6, 6.07) is 3.27. The maximum Gasteiger partial charge on any atom is 0.183 e. The molecule has 1 heterocycles. The van der Waals surface area contributed by atoms with Crippen LogP contribution in [0.15, 0.2) is 17.5 Å². The molecule has 3 rings (SSSR count). The Morgan fingerprint density at radius 3 is 2.78 bits per heavy atom. The van der Waals surface area contributed by atoms with Gasteiger partial charge in [-0.3, -0.25) is 0 Å². The standard InChI is InChI=1S/C12H9Cl2FN2S/c13-8-4-9(14)10(15)3-7(8)11-5-18-12(17-11)16-6-1-2-6/h3-6H,1-2H2,(H,16,17). The van der Waals surface area contributed by atoms with Crippen LogP contribution in [0, 0.1) is 5.82 Å². The minimum Gasteiger partial charge on any atom is -0.359 e. The number of benzene rings is 1. The number of halogens is 3. The van der Waals surface area contributed by atoms with Crippen molar-refractivity contribution in [1.82, 2.24) is 4.98 Å². The molecule has 2 nitrogen and oxygen atoms in total. The van der Waals surface area contributed by atoms with Crippen LogP contribution in [-0.4, -0.2) is 11.0 Å². The number of rotatable bonds is 3. The fourth-order valence-corrected chi connectivity index (χ4v) is 2.85. The molecule has 94 valence electrons. The van der Waals surface area contributed by atoms with Crippen molar-refractivity contribution in [1.29, 1.82) is 0 Å². The summed E-state index contributed by atoms with van der Waals surface area (Å²) < 4.78 is 13.4. The predicted molar refractivity (Wildman–Crippen MR) is 74.2 cm³/mol. The Morgan fingerprint density at radius 2 is 2.06 bits per heavy atom. The van der Waals surface area contributed by atoms with Crippen LogP contribution in [0.3, 0.4) is 0 Å². The molecular weight excluding hydrogens is 294 g/mol. The first-order valence-electron chi connectivity index (χ1n) is 5.50. The Kier molecular flexibility index (Phi) is 3.18. The van der Waals surface area contributed by atoms with Gasteiger partial charge in [0.1, 0.15) is 5.82 Å². The summed E-state index contributed by atoms with van der Waals surface area (Å²) in [7, 11) is 0. The minimum absolute atomic E-state index is 0.0234. The van der Waals surface area contributed by atoms with E-state index in [-0.39, 0.29) is 5.02 Å². The number of nitrogens with one attached hydrogen (secondary N) is 1. The van der Waals surface area contributed by atoms with Gasteiger partial charge in [0.05, 0.1) is 15.7 Å². The summed E-state index contributed by atoms with van der Waals surface area (Å²) in [6.07, 6.45) is 2.37. The molecule has 1 fully saturated rings.